The van der Waals surface area contributed by atoms with Crippen LogP contribution in [0.15, 0.2) is 54.6 Å². The molecule has 3 amide bonds. The molecule has 3 aliphatic rings. The van der Waals surface area contributed by atoms with Gasteiger partial charge in [-0.15, -0.1) is 0 Å². The number of allylic oxidation sites excluding steroid dienone is 2. The number of amides is 3. The van der Waals surface area contributed by atoms with Gasteiger partial charge in [-0.1, -0.05) is 18.2 Å². The molecule has 7 nitrogen and oxygen atoms in total. The lowest BCUT2D eigenvalue weighted by molar-refractivity contribution is -0.139. The second-order valence-corrected chi connectivity index (χ2v) is 9.26. The second-order valence-electron chi connectivity index (χ2n) is 9.26. The van der Waals surface area contributed by atoms with E-state index >= 15 is 0 Å². The molecule has 1 aliphatic carbocycles. The maximum atomic E-state index is 12.8. The lowest BCUT2D eigenvalue weighted by atomic mass is 9.85. The van der Waals surface area contributed by atoms with Crippen LogP contribution in [0.1, 0.15) is 30.4 Å². The number of hydrogen-bond acceptors (Lipinski definition) is 5. The lowest BCUT2D eigenvalue weighted by Gasteiger charge is -2.18. The van der Waals surface area contributed by atoms with Crippen molar-refractivity contribution in [3.8, 4) is 5.75 Å². The second kappa shape index (κ2) is 8.56. The van der Waals surface area contributed by atoms with Gasteiger partial charge in [-0.05, 0) is 74.2 Å². The van der Waals surface area contributed by atoms with Gasteiger partial charge in [-0.25, -0.2) is 0 Å². The van der Waals surface area contributed by atoms with Crippen molar-refractivity contribution in [2.24, 2.45) is 17.8 Å². The van der Waals surface area contributed by atoms with Crippen molar-refractivity contribution in [1.82, 2.24) is 0 Å². The van der Waals surface area contributed by atoms with Gasteiger partial charge in [-0.2, -0.15) is 0 Å². The molecule has 0 aromatic heterocycles. The summed E-state index contributed by atoms with van der Waals surface area (Å²) in [5.74, 6) is -1.79. The van der Waals surface area contributed by atoms with Gasteiger partial charge in [0, 0.05) is 18.7 Å². The Hall–Kier alpha value is -3.74. The summed E-state index contributed by atoms with van der Waals surface area (Å²) < 4.78 is 5.52. The predicted molar refractivity (Wildman–Crippen MR) is 126 cm³/mol. The average Bonchev–Trinajstić information content (AvgIpc) is 3.34. The first-order chi connectivity index (χ1) is 16.3. The van der Waals surface area contributed by atoms with Crippen LogP contribution in [0.3, 0.4) is 0 Å². The minimum Gasteiger partial charge on any atom is -0.426 e. The van der Waals surface area contributed by atoms with E-state index in [-0.39, 0.29) is 42.5 Å². The first-order valence-corrected chi connectivity index (χ1v) is 11.6. The normalized spacial score (nSPS) is 24.1. The molecule has 0 bridgehead atoms. The predicted octanol–water partition coefficient (Wildman–Crippen LogP) is 3.72. The van der Waals surface area contributed by atoms with E-state index in [9.17, 15) is 19.2 Å². The molecule has 2 fully saturated rings. The van der Waals surface area contributed by atoms with Crippen LogP contribution >= 0.6 is 0 Å². The molecule has 0 N–H and O–H groups in total. The number of benzene rings is 2. The molecule has 2 saturated heterocycles. The van der Waals surface area contributed by atoms with Crippen LogP contribution in [-0.2, 0) is 19.2 Å². The van der Waals surface area contributed by atoms with E-state index in [0.29, 0.717) is 24.3 Å². The van der Waals surface area contributed by atoms with Crippen molar-refractivity contribution in [3.05, 3.63) is 65.7 Å². The summed E-state index contributed by atoms with van der Waals surface area (Å²) in [6, 6.07) is 12.2. The summed E-state index contributed by atoms with van der Waals surface area (Å²) in [5, 5.41) is 0. The van der Waals surface area contributed by atoms with E-state index in [1.807, 2.05) is 44.2 Å². The van der Waals surface area contributed by atoms with Crippen molar-refractivity contribution < 1.29 is 23.9 Å². The number of carbonyl (C=O) groups excluding carboxylic acids is 4. The third kappa shape index (κ3) is 3.81. The van der Waals surface area contributed by atoms with Crippen molar-refractivity contribution in [3.63, 3.8) is 0 Å². The van der Waals surface area contributed by atoms with Crippen molar-refractivity contribution in [1.29, 1.82) is 0 Å². The van der Waals surface area contributed by atoms with Gasteiger partial charge in [0.1, 0.15) is 5.75 Å². The molecule has 2 aromatic rings. The first kappa shape index (κ1) is 22.1. The third-order valence-electron chi connectivity index (χ3n) is 7.08. The maximum Gasteiger partial charge on any atom is 0.316 e. The van der Waals surface area contributed by atoms with E-state index in [1.165, 1.54) is 4.90 Å². The molecule has 0 spiro atoms. The molecule has 3 atom stereocenters. The van der Waals surface area contributed by atoms with Gasteiger partial charge in [-0.3, -0.25) is 24.1 Å². The van der Waals surface area contributed by atoms with Gasteiger partial charge in [0.2, 0.25) is 17.7 Å². The highest BCUT2D eigenvalue weighted by Crippen LogP contribution is 2.38. The van der Waals surface area contributed by atoms with Crippen molar-refractivity contribution in [2.75, 3.05) is 16.3 Å². The zero-order valence-electron chi connectivity index (χ0n) is 19.2. The summed E-state index contributed by atoms with van der Waals surface area (Å²) in [6.07, 6.45) is 5.17. The van der Waals surface area contributed by atoms with Gasteiger partial charge in [0.15, 0.2) is 0 Å². The van der Waals surface area contributed by atoms with Gasteiger partial charge < -0.3 is 9.64 Å². The van der Waals surface area contributed by atoms with Gasteiger partial charge >= 0.3 is 5.97 Å². The van der Waals surface area contributed by atoms with E-state index in [0.717, 1.165) is 16.8 Å². The fraction of sp³-hybridized carbons (Fsp3) is 0.333. The highest BCUT2D eigenvalue weighted by molar-refractivity contribution is 6.22. The molecule has 2 heterocycles. The minimum atomic E-state index is -0.564. The number of imide groups is 1. The van der Waals surface area contributed by atoms with Crippen LogP contribution in [0.2, 0.25) is 0 Å². The molecule has 0 unspecified atom stereocenters. The van der Waals surface area contributed by atoms with Crippen LogP contribution < -0.4 is 14.5 Å². The Morgan fingerprint density at radius 2 is 1.47 bits per heavy atom. The SMILES string of the molecule is Cc1ccc(N2C[C@H](C(=O)Oc3ccc(N4C(=O)[C@H]5CC=CC[C@H]5C4=O)cc3)CC2=O)cc1C. The zero-order valence-corrected chi connectivity index (χ0v) is 19.2. The first-order valence-electron chi connectivity index (χ1n) is 11.6. The van der Waals surface area contributed by atoms with E-state index < -0.39 is 11.9 Å². The summed E-state index contributed by atoms with van der Waals surface area (Å²) in [7, 11) is 0. The maximum absolute atomic E-state index is 12.8. The molecule has 2 aliphatic heterocycles. The number of anilines is 2. The number of hydrogen-bond donors (Lipinski definition) is 0. The number of aryl methyl sites for hydroxylation is 2. The Labute approximate surface area is 198 Å². The lowest BCUT2D eigenvalue weighted by Crippen LogP contribution is -2.30. The Morgan fingerprint density at radius 3 is 2.09 bits per heavy atom. The molecule has 34 heavy (non-hydrogen) atoms. The summed E-state index contributed by atoms with van der Waals surface area (Å²) in [4.78, 5) is 53.7. The molecule has 7 heteroatoms. The monoisotopic (exact) mass is 458 g/mol. The summed E-state index contributed by atoms with van der Waals surface area (Å²) >= 11 is 0. The average molecular weight is 459 g/mol. The fourth-order valence-electron chi connectivity index (χ4n) is 4.93. The number of fused-ring (bicyclic) bond motifs is 1. The van der Waals surface area contributed by atoms with E-state index in [1.54, 1.807) is 29.2 Å². The number of rotatable bonds is 4. The zero-order chi connectivity index (χ0) is 24.0. The molecule has 0 radical (unpaired) electrons. The molecule has 0 saturated carbocycles. The Morgan fingerprint density at radius 1 is 0.853 bits per heavy atom. The van der Waals surface area contributed by atoms with E-state index in [2.05, 4.69) is 0 Å². The molecule has 174 valence electrons. The van der Waals surface area contributed by atoms with Crippen LogP contribution in [0, 0.1) is 31.6 Å². The number of carbonyl (C=O) groups is 4. The van der Waals surface area contributed by atoms with Crippen molar-refractivity contribution >= 4 is 35.1 Å². The number of nitrogens with zero attached hydrogens (tertiary/aromatic N) is 2. The van der Waals surface area contributed by atoms with Crippen molar-refractivity contribution in [2.45, 2.75) is 33.1 Å². The number of ether oxygens (including phenoxy) is 1. The Balaban J connectivity index is 1.24. The molecular weight excluding hydrogens is 432 g/mol. The van der Waals surface area contributed by atoms with Gasteiger partial charge in [0.25, 0.3) is 0 Å². The standard InChI is InChI=1S/C27H26N2O5/c1-16-7-8-20(13-17(16)2)28-15-18(14-24(28)30)27(33)34-21-11-9-19(10-12-21)29-25(31)22-5-3-4-6-23(22)26(29)32/h3-4,7-13,18,22-23H,5-6,14-15H2,1-2H3/t18-,22-,23+/m1/s1. The summed E-state index contributed by atoms with van der Waals surface area (Å²) in [5.41, 5.74) is 3.48. The topological polar surface area (TPSA) is 84.0 Å². The van der Waals surface area contributed by atoms with Crippen LogP contribution in [0.4, 0.5) is 11.4 Å². The Bertz CT molecular complexity index is 1190. The number of esters is 1. The molecule has 5 rings (SSSR count). The quantitative estimate of drug-likeness (QED) is 0.302. The van der Waals surface area contributed by atoms with Crippen LogP contribution in [-0.4, -0.2) is 30.2 Å². The third-order valence-corrected chi connectivity index (χ3v) is 7.08. The smallest absolute Gasteiger partial charge is 0.316 e. The van der Waals surface area contributed by atoms with E-state index in [4.69, 9.17) is 4.74 Å². The molecular formula is C27H26N2O5. The molecule has 2 aromatic carbocycles. The van der Waals surface area contributed by atoms with Gasteiger partial charge in [0.05, 0.1) is 23.4 Å². The highest BCUT2D eigenvalue weighted by Gasteiger charge is 2.47. The minimum absolute atomic E-state index is 0.0947. The fourth-order valence-corrected chi connectivity index (χ4v) is 4.93. The largest absolute Gasteiger partial charge is 0.426 e. The highest BCUT2D eigenvalue weighted by atomic mass is 16.5. The van der Waals surface area contributed by atoms with Crippen LogP contribution in [0.25, 0.3) is 0 Å². The summed E-state index contributed by atoms with van der Waals surface area (Å²) in [6.45, 7) is 4.27. The van der Waals surface area contributed by atoms with Crippen LogP contribution in [0.5, 0.6) is 5.75 Å². The Kier molecular flexibility index (Phi) is 5.55.